The van der Waals surface area contributed by atoms with Gasteiger partial charge in [-0.1, -0.05) is 24.3 Å². The summed E-state index contributed by atoms with van der Waals surface area (Å²) in [6.45, 7) is 3.10. The largest absolute Gasteiger partial charge is 0.314 e. The number of hydrogen-bond donors (Lipinski definition) is 1. The fourth-order valence-electron chi connectivity index (χ4n) is 3.75. The zero-order chi connectivity index (χ0) is 20.4. The summed E-state index contributed by atoms with van der Waals surface area (Å²) < 4.78 is 0. The number of nitro groups is 2. The number of aliphatic imine (C=N–C) groups is 1. The lowest BCUT2D eigenvalue weighted by Crippen LogP contribution is -2.89. The highest BCUT2D eigenvalue weighted by atomic mass is 16.6. The number of ketones is 1. The fraction of sp³-hybridized carbons (Fsp3) is 0.263. The molecule has 0 radical (unpaired) electrons. The Balaban J connectivity index is 2.14. The highest BCUT2D eigenvalue weighted by Gasteiger charge is 2.43. The summed E-state index contributed by atoms with van der Waals surface area (Å²) in [4.78, 5) is 38.8. The maximum absolute atomic E-state index is 12.3. The second-order valence-corrected chi connectivity index (χ2v) is 6.65. The zero-order valence-electron chi connectivity index (χ0n) is 15.3. The molecule has 2 aromatic rings. The van der Waals surface area contributed by atoms with E-state index in [2.05, 4.69) is 4.99 Å². The van der Waals surface area contributed by atoms with Crippen LogP contribution in [0.5, 0.6) is 0 Å². The minimum absolute atomic E-state index is 0.0807. The first-order valence-electron chi connectivity index (χ1n) is 8.67. The molecular weight excluding hydrogens is 364 g/mol. The Hall–Kier alpha value is -3.46. The molecule has 1 aliphatic rings. The van der Waals surface area contributed by atoms with Gasteiger partial charge in [-0.25, -0.2) is 4.99 Å². The summed E-state index contributed by atoms with van der Waals surface area (Å²) in [6, 6.07) is 11.9. The lowest BCUT2D eigenvalue weighted by atomic mass is 9.84. The van der Waals surface area contributed by atoms with Crippen LogP contribution in [0.25, 0.3) is 0 Å². The Morgan fingerprint density at radius 1 is 0.964 bits per heavy atom. The second-order valence-electron chi connectivity index (χ2n) is 6.65. The van der Waals surface area contributed by atoms with E-state index < -0.39 is 28.0 Å². The molecule has 2 aromatic carbocycles. The molecule has 28 heavy (non-hydrogen) atoms. The first kappa shape index (κ1) is 19.3. The highest BCUT2D eigenvalue weighted by Crippen LogP contribution is 2.34. The van der Waals surface area contributed by atoms with Gasteiger partial charge >= 0.3 is 0 Å². The summed E-state index contributed by atoms with van der Waals surface area (Å²) in [5.41, 5.74) is 1.11. The van der Waals surface area contributed by atoms with Crippen molar-refractivity contribution in [3.8, 4) is 0 Å². The van der Waals surface area contributed by atoms with Crippen molar-refractivity contribution in [1.29, 1.82) is 0 Å². The molecule has 0 aromatic heterocycles. The van der Waals surface area contributed by atoms with Crippen molar-refractivity contribution in [1.82, 2.24) is 0 Å². The van der Waals surface area contributed by atoms with Crippen LogP contribution in [-0.2, 0) is 4.79 Å². The van der Waals surface area contributed by atoms with Gasteiger partial charge in [0.25, 0.3) is 11.4 Å². The van der Waals surface area contributed by atoms with E-state index in [9.17, 15) is 25.0 Å². The average molecular weight is 383 g/mol. The summed E-state index contributed by atoms with van der Waals surface area (Å²) in [5.74, 6) is -0.818. The Labute approximate surface area is 160 Å². The van der Waals surface area contributed by atoms with Crippen molar-refractivity contribution < 1.29 is 20.0 Å². The number of quaternary nitrogens is 1. The number of Topliss-reactive ketones (excluding diaryl/α,β-unsaturated/α-hetero) is 1. The molecule has 0 bridgehead atoms. The van der Waals surface area contributed by atoms with Crippen molar-refractivity contribution in [2.45, 2.75) is 26.1 Å². The maximum atomic E-state index is 12.3. The number of para-hydroxylation sites is 2. The molecule has 0 fully saturated rings. The fourth-order valence-corrected chi connectivity index (χ4v) is 3.75. The predicted molar refractivity (Wildman–Crippen MR) is 101 cm³/mol. The molecule has 3 rings (SSSR count). The molecule has 1 unspecified atom stereocenters. The van der Waals surface area contributed by atoms with E-state index in [4.69, 9.17) is 0 Å². The first-order valence-corrected chi connectivity index (χ1v) is 8.67. The molecule has 144 valence electrons. The quantitative estimate of drug-likeness (QED) is 0.625. The zero-order valence-corrected chi connectivity index (χ0v) is 15.3. The SMILES string of the molecule is CC(=O)C1C(C)=N[C@@H](c2ccccc2[N+](=O)[O-])[NH2+][C@H]1c1ccccc1[N+](=O)[O-]. The Bertz CT molecular complexity index is 988. The molecule has 1 aliphatic heterocycles. The normalized spacial score (nSPS) is 21.6. The second kappa shape index (κ2) is 7.65. The number of rotatable bonds is 5. The lowest BCUT2D eigenvalue weighted by molar-refractivity contribution is -0.739. The van der Waals surface area contributed by atoms with E-state index in [1.54, 1.807) is 48.6 Å². The minimum Gasteiger partial charge on any atom is -0.314 e. The number of carbonyl (C=O) groups is 1. The Morgan fingerprint density at radius 2 is 1.46 bits per heavy atom. The Kier molecular flexibility index (Phi) is 5.27. The van der Waals surface area contributed by atoms with Crippen molar-refractivity contribution in [2.24, 2.45) is 10.9 Å². The summed E-state index contributed by atoms with van der Waals surface area (Å²) in [6.07, 6.45) is -0.679. The molecular formula is C19H19N4O5+. The van der Waals surface area contributed by atoms with E-state index in [0.717, 1.165) is 0 Å². The minimum atomic E-state index is -0.679. The van der Waals surface area contributed by atoms with Gasteiger partial charge in [0.2, 0.25) is 6.17 Å². The molecule has 0 saturated heterocycles. The van der Waals surface area contributed by atoms with Crippen LogP contribution in [0, 0.1) is 26.1 Å². The van der Waals surface area contributed by atoms with Crippen LogP contribution in [0.4, 0.5) is 11.4 Å². The van der Waals surface area contributed by atoms with Crippen LogP contribution in [0.3, 0.4) is 0 Å². The number of hydrogen-bond acceptors (Lipinski definition) is 6. The van der Waals surface area contributed by atoms with E-state index in [-0.39, 0.29) is 17.2 Å². The third-order valence-electron chi connectivity index (χ3n) is 4.92. The molecule has 1 heterocycles. The molecule has 2 N–H and O–H groups in total. The van der Waals surface area contributed by atoms with Crippen molar-refractivity contribution in [3.05, 3.63) is 79.9 Å². The molecule has 3 atom stereocenters. The highest BCUT2D eigenvalue weighted by molar-refractivity contribution is 6.04. The van der Waals surface area contributed by atoms with E-state index >= 15 is 0 Å². The van der Waals surface area contributed by atoms with Gasteiger partial charge in [-0.05, 0) is 26.0 Å². The van der Waals surface area contributed by atoms with Gasteiger partial charge in [-0.3, -0.25) is 25.0 Å². The van der Waals surface area contributed by atoms with Crippen molar-refractivity contribution in [3.63, 3.8) is 0 Å². The monoisotopic (exact) mass is 383 g/mol. The van der Waals surface area contributed by atoms with Gasteiger partial charge in [-0.2, -0.15) is 0 Å². The summed E-state index contributed by atoms with van der Waals surface area (Å²) in [7, 11) is 0. The maximum Gasteiger partial charge on any atom is 0.280 e. The van der Waals surface area contributed by atoms with Gasteiger partial charge in [-0.15, -0.1) is 0 Å². The predicted octanol–water partition coefficient (Wildman–Crippen LogP) is 2.49. The number of nitrogens with zero attached hydrogens (tertiary/aromatic N) is 3. The van der Waals surface area contributed by atoms with E-state index in [1.807, 2.05) is 0 Å². The van der Waals surface area contributed by atoms with Gasteiger partial charge < -0.3 is 5.32 Å². The average Bonchev–Trinajstić information content (AvgIpc) is 2.66. The van der Waals surface area contributed by atoms with E-state index in [1.165, 1.54) is 19.1 Å². The van der Waals surface area contributed by atoms with Gasteiger partial charge in [0.1, 0.15) is 23.3 Å². The third kappa shape index (κ3) is 3.52. The van der Waals surface area contributed by atoms with Gasteiger partial charge in [0.15, 0.2) is 0 Å². The Morgan fingerprint density at radius 3 is 2.00 bits per heavy atom. The molecule has 9 heteroatoms. The smallest absolute Gasteiger partial charge is 0.280 e. The molecule has 0 aliphatic carbocycles. The summed E-state index contributed by atoms with van der Waals surface area (Å²) >= 11 is 0. The van der Waals surface area contributed by atoms with Crippen LogP contribution >= 0.6 is 0 Å². The summed E-state index contributed by atoms with van der Waals surface area (Å²) in [5, 5.41) is 24.6. The number of nitrogens with two attached hydrogens (primary N) is 1. The number of nitro benzene ring substituents is 2. The molecule has 0 amide bonds. The standard InChI is InChI=1S/C19H18N4O5/c1-11-17(12(2)24)18(13-7-3-5-9-15(13)22(25)26)21-19(20-11)14-8-4-6-10-16(14)23(27)28/h3-10,17-19,21H,1-2H3/p+1/t17?,18-,19+/m0/s1. The lowest BCUT2D eigenvalue weighted by Gasteiger charge is -2.31. The van der Waals surface area contributed by atoms with Crippen LogP contribution in [0.15, 0.2) is 53.5 Å². The van der Waals surface area contributed by atoms with E-state index in [0.29, 0.717) is 16.8 Å². The molecule has 9 nitrogen and oxygen atoms in total. The third-order valence-corrected chi connectivity index (χ3v) is 4.92. The topological polar surface area (TPSA) is 132 Å². The van der Waals surface area contributed by atoms with Crippen molar-refractivity contribution in [2.75, 3.05) is 0 Å². The van der Waals surface area contributed by atoms with Gasteiger partial charge in [0, 0.05) is 17.8 Å². The van der Waals surface area contributed by atoms with Crippen molar-refractivity contribution >= 4 is 22.9 Å². The van der Waals surface area contributed by atoms with Crippen LogP contribution < -0.4 is 5.32 Å². The van der Waals surface area contributed by atoms with Crippen LogP contribution in [0.2, 0.25) is 0 Å². The number of carbonyl (C=O) groups excluding carboxylic acids is 1. The van der Waals surface area contributed by atoms with Crippen LogP contribution in [-0.4, -0.2) is 21.3 Å². The molecule has 0 saturated carbocycles. The molecule has 0 spiro atoms. The number of benzene rings is 2. The van der Waals surface area contributed by atoms with Gasteiger partial charge in [0.05, 0.1) is 15.4 Å². The first-order chi connectivity index (χ1) is 13.3. The van der Waals surface area contributed by atoms with Crippen LogP contribution in [0.1, 0.15) is 37.2 Å².